The Kier molecular flexibility index (Phi) is 4.06. The van der Waals surface area contributed by atoms with Gasteiger partial charge in [-0.05, 0) is 50.9 Å². The summed E-state index contributed by atoms with van der Waals surface area (Å²) in [6.45, 7) is 0. The summed E-state index contributed by atoms with van der Waals surface area (Å²) in [6, 6.07) is 4.78. The maximum Gasteiger partial charge on any atom is 0.573 e. The molecule has 140 valence electrons. The average Bonchev–Trinajstić information content (AvgIpc) is 3.03. The second-order valence-electron chi connectivity index (χ2n) is 7.02. The Morgan fingerprint density at radius 1 is 1.31 bits per heavy atom. The van der Waals surface area contributed by atoms with Crippen LogP contribution in [0.4, 0.5) is 13.2 Å². The third-order valence-electron chi connectivity index (χ3n) is 5.42. The van der Waals surface area contributed by atoms with E-state index in [1.54, 1.807) is 0 Å². The van der Waals surface area contributed by atoms with Crippen LogP contribution in [0.25, 0.3) is 10.9 Å². The van der Waals surface area contributed by atoms with Crippen LogP contribution in [0.15, 0.2) is 18.2 Å². The Morgan fingerprint density at radius 3 is 2.65 bits per heavy atom. The van der Waals surface area contributed by atoms with Gasteiger partial charge in [-0.15, -0.1) is 13.2 Å². The summed E-state index contributed by atoms with van der Waals surface area (Å²) in [4.78, 5) is 15.0. The van der Waals surface area contributed by atoms with Gasteiger partial charge in [0.1, 0.15) is 5.75 Å². The molecule has 4 rings (SSSR count). The number of amides is 1. The lowest BCUT2D eigenvalue weighted by Gasteiger charge is -2.36. The summed E-state index contributed by atoms with van der Waals surface area (Å²) < 4.78 is 41.2. The summed E-state index contributed by atoms with van der Waals surface area (Å²) in [7, 11) is 2.11. The number of piperidine rings is 1. The van der Waals surface area contributed by atoms with Gasteiger partial charge in [0.15, 0.2) is 5.69 Å². The molecule has 9 heteroatoms. The summed E-state index contributed by atoms with van der Waals surface area (Å²) in [5, 5.41) is 9.96. The fourth-order valence-corrected chi connectivity index (χ4v) is 4.15. The number of alkyl halides is 3. The van der Waals surface area contributed by atoms with Crippen molar-refractivity contribution in [1.82, 2.24) is 20.4 Å². The molecule has 26 heavy (non-hydrogen) atoms. The summed E-state index contributed by atoms with van der Waals surface area (Å²) >= 11 is 0. The molecule has 2 N–H and O–H groups in total. The first-order valence-corrected chi connectivity index (χ1v) is 8.57. The predicted octanol–water partition coefficient (Wildman–Crippen LogP) is 2.82. The van der Waals surface area contributed by atoms with Crippen molar-refractivity contribution in [3.63, 3.8) is 0 Å². The monoisotopic (exact) mass is 368 g/mol. The smallest absolute Gasteiger partial charge is 0.406 e. The van der Waals surface area contributed by atoms with E-state index in [9.17, 15) is 18.0 Å². The lowest BCUT2D eigenvalue weighted by atomic mass is 9.98. The van der Waals surface area contributed by atoms with Crippen LogP contribution in [-0.4, -0.2) is 52.5 Å². The highest BCUT2D eigenvalue weighted by Crippen LogP contribution is 2.34. The number of carbonyl (C=O) groups excluding carboxylic acids is 1. The Bertz CT molecular complexity index is 821. The Hall–Kier alpha value is -2.29. The van der Waals surface area contributed by atoms with E-state index in [1.807, 2.05) is 0 Å². The van der Waals surface area contributed by atoms with Crippen molar-refractivity contribution in [1.29, 1.82) is 0 Å². The van der Waals surface area contributed by atoms with Crippen molar-refractivity contribution in [3.05, 3.63) is 23.9 Å². The highest BCUT2D eigenvalue weighted by Gasteiger charge is 2.39. The zero-order chi connectivity index (χ0) is 18.5. The zero-order valence-corrected chi connectivity index (χ0v) is 14.1. The highest BCUT2D eigenvalue weighted by atomic mass is 19.4. The van der Waals surface area contributed by atoms with E-state index >= 15 is 0 Å². The van der Waals surface area contributed by atoms with Crippen LogP contribution in [0.3, 0.4) is 0 Å². The topological polar surface area (TPSA) is 70.2 Å². The zero-order valence-electron chi connectivity index (χ0n) is 14.1. The highest BCUT2D eigenvalue weighted by molar-refractivity contribution is 6.05. The second-order valence-corrected chi connectivity index (χ2v) is 7.02. The minimum Gasteiger partial charge on any atom is -0.406 e. The van der Waals surface area contributed by atoms with Crippen molar-refractivity contribution in [2.45, 2.75) is 50.2 Å². The number of ether oxygens (including phenoxy) is 1. The van der Waals surface area contributed by atoms with E-state index < -0.39 is 6.36 Å². The molecule has 1 amide bonds. The van der Waals surface area contributed by atoms with Crippen LogP contribution < -0.4 is 10.1 Å². The molecular formula is C17H19F3N4O2. The largest absolute Gasteiger partial charge is 0.573 e. The Morgan fingerprint density at radius 2 is 2.00 bits per heavy atom. The third kappa shape index (κ3) is 3.23. The summed E-state index contributed by atoms with van der Waals surface area (Å²) in [5.41, 5.74) is 0.562. The average molecular weight is 368 g/mol. The van der Waals surface area contributed by atoms with E-state index in [0.717, 1.165) is 25.7 Å². The molecule has 1 aromatic carbocycles. The third-order valence-corrected chi connectivity index (χ3v) is 5.42. The Labute approximate surface area is 147 Å². The number of halogens is 3. The first-order chi connectivity index (χ1) is 12.3. The van der Waals surface area contributed by atoms with Crippen molar-refractivity contribution < 1.29 is 22.7 Å². The van der Waals surface area contributed by atoms with Gasteiger partial charge in [0.2, 0.25) is 0 Å². The fraction of sp³-hybridized carbons (Fsp3) is 0.529. The number of aromatic amines is 1. The van der Waals surface area contributed by atoms with Gasteiger partial charge in [-0.2, -0.15) is 5.10 Å². The van der Waals surface area contributed by atoms with E-state index in [1.165, 1.54) is 18.2 Å². The molecule has 0 aliphatic carbocycles. The molecule has 0 saturated carbocycles. The van der Waals surface area contributed by atoms with E-state index in [-0.39, 0.29) is 23.4 Å². The molecular weight excluding hydrogens is 349 g/mol. The molecule has 1 aromatic heterocycles. The summed E-state index contributed by atoms with van der Waals surface area (Å²) in [6.07, 6.45) is -0.756. The number of H-pyrrole nitrogens is 1. The standard InChI is InChI=1S/C17H19F3N4O2/c1-24-10-2-3-11(24)7-9(6-10)21-16(25)15-13-8-12(26-17(18,19)20)4-5-14(13)22-23-15/h4-5,8-11H,2-3,6-7H2,1H3,(H,21,25)(H,22,23). The van der Waals surface area contributed by atoms with Crippen LogP contribution in [-0.2, 0) is 0 Å². The van der Waals surface area contributed by atoms with Crippen LogP contribution in [0, 0.1) is 0 Å². The molecule has 2 unspecified atom stereocenters. The van der Waals surface area contributed by atoms with Gasteiger partial charge < -0.3 is 15.0 Å². The van der Waals surface area contributed by atoms with Gasteiger partial charge in [-0.25, -0.2) is 0 Å². The number of hydrogen-bond donors (Lipinski definition) is 2. The molecule has 2 aliphatic rings. The van der Waals surface area contributed by atoms with Crippen molar-refractivity contribution >= 4 is 16.8 Å². The van der Waals surface area contributed by atoms with E-state index in [4.69, 9.17) is 0 Å². The maximum absolute atomic E-state index is 12.6. The van der Waals surface area contributed by atoms with E-state index in [0.29, 0.717) is 23.0 Å². The van der Waals surface area contributed by atoms with Gasteiger partial charge >= 0.3 is 6.36 Å². The molecule has 0 spiro atoms. The van der Waals surface area contributed by atoms with E-state index in [2.05, 4.69) is 32.2 Å². The number of hydrogen-bond acceptors (Lipinski definition) is 4. The molecule has 6 nitrogen and oxygen atoms in total. The van der Waals surface area contributed by atoms with Gasteiger partial charge in [-0.3, -0.25) is 9.89 Å². The fourth-order valence-electron chi connectivity index (χ4n) is 4.15. The quantitative estimate of drug-likeness (QED) is 0.874. The van der Waals surface area contributed by atoms with Crippen LogP contribution in [0.2, 0.25) is 0 Å². The maximum atomic E-state index is 12.6. The summed E-state index contributed by atoms with van der Waals surface area (Å²) in [5.74, 6) is -0.757. The lowest BCUT2D eigenvalue weighted by molar-refractivity contribution is -0.274. The number of aromatic nitrogens is 2. The molecule has 2 aromatic rings. The minimum atomic E-state index is -4.78. The SMILES string of the molecule is CN1C2CCC1CC(NC(=O)c1n[nH]c3ccc(OC(F)(F)F)cc13)C2. The van der Waals surface area contributed by atoms with Crippen molar-refractivity contribution in [2.75, 3.05) is 7.05 Å². The molecule has 2 bridgehead atoms. The number of benzene rings is 1. The van der Waals surface area contributed by atoms with Gasteiger partial charge in [0, 0.05) is 23.5 Å². The number of nitrogens with zero attached hydrogens (tertiary/aromatic N) is 2. The van der Waals surface area contributed by atoms with Gasteiger partial charge in [0.25, 0.3) is 5.91 Å². The molecule has 2 fully saturated rings. The van der Waals surface area contributed by atoms with Crippen molar-refractivity contribution in [2.24, 2.45) is 0 Å². The normalized spacial score (nSPS) is 26.2. The Balaban J connectivity index is 1.52. The predicted molar refractivity (Wildman–Crippen MR) is 87.8 cm³/mol. The number of nitrogens with one attached hydrogen (secondary N) is 2. The van der Waals surface area contributed by atoms with Crippen LogP contribution in [0.1, 0.15) is 36.2 Å². The lowest BCUT2D eigenvalue weighted by Crippen LogP contribution is -2.48. The number of fused-ring (bicyclic) bond motifs is 3. The first-order valence-electron chi connectivity index (χ1n) is 8.57. The van der Waals surface area contributed by atoms with Crippen LogP contribution >= 0.6 is 0 Å². The molecule has 2 aliphatic heterocycles. The first kappa shape index (κ1) is 17.1. The van der Waals surface area contributed by atoms with Gasteiger partial charge in [-0.1, -0.05) is 0 Å². The minimum absolute atomic E-state index is 0.0533. The molecule has 2 atom stereocenters. The number of rotatable bonds is 3. The number of carbonyl (C=O) groups is 1. The molecule has 0 radical (unpaired) electrons. The molecule has 3 heterocycles. The molecule has 2 saturated heterocycles. The second kappa shape index (κ2) is 6.15. The van der Waals surface area contributed by atoms with Gasteiger partial charge in [0.05, 0.1) is 5.52 Å². The van der Waals surface area contributed by atoms with Crippen LogP contribution in [0.5, 0.6) is 5.75 Å². The van der Waals surface area contributed by atoms with Crippen molar-refractivity contribution in [3.8, 4) is 5.75 Å².